The molecule has 0 aliphatic carbocycles. The van der Waals surface area contributed by atoms with Crippen LogP contribution in [0.25, 0.3) is 0 Å². The van der Waals surface area contributed by atoms with Crippen LogP contribution in [0.4, 0.5) is 5.69 Å². The highest BCUT2D eigenvalue weighted by atomic mass is 79.9. The van der Waals surface area contributed by atoms with Gasteiger partial charge in [0.1, 0.15) is 6.04 Å². The Labute approximate surface area is 147 Å². The molecular weight excluding hydrogens is 380 g/mol. The van der Waals surface area contributed by atoms with Crippen molar-refractivity contribution in [2.75, 3.05) is 17.3 Å². The van der Waals surface area contributed by atoms with E-state index in [9.17, 15) is 9.59 Å². The first-order valence-electron chi connectivity index (χ1n) is 7.00. The number of nitrogens with one attached hydrogen (secondary N) is 2. The van der Waals surface area contributed by atoms with E-state index in [0.29, 0.717) is 12.1 Å². The van der Waals surface area contributed by atoms with Gasteiger partial charge in [-0.2, -0.15) is 11.8 Å². The molecule has 1 aromatic carbocycles. The summed E-state index contributed by atoms with van der Waals surface area (Å²) in [5, 5.41) is 5.53. The van der Waals surface area contributed by atoms with Gasteiger partial charge in [-0.15, -0.1) is 0 Å². The highest BCUT2D eigenvalue weighted by molar-refractivity contribution is 9.10. The summed E-state index contributed by atoms with van der Waals surface area (Å²) >= 11 is 4.97. The van der Waals surface area contributed by atoms with Crippen LogP contribution in [-0.4, -0.2) is 29.9 Å². The lowest BCUT2D eigenvalue weighted by Gasteiger charge is -2.17. The summed E-state index contributed by atoms with van der Waals surface area (Å²) in [6, 6.07) is 9.84. The predicted molar refractivity (Wildman–Crippen MR) is 95.7 cm³/mol. The molecule has 1 unspecified atom stereocenters. The summed E-state index contributed by atoms with van der Waals surface area (Å²) in [5.41, 5.74) is 0.680. The summed E-state index contributed by atoms with van der Waals surface area (Å²) in [5.74, 6) is 0.306. The number of hydrogen-bond acceptors (Lipinski definition) is 4. The minimum Gasteiger partial charge on any atom is -0.459 e. The Hall–Kier alpha value is -1.73. The van der Waals surface area contributed by atoms with E-state index in [0.717, 1.165) is 10.2 Å². The standard InChI is InChI=1S/C16H17BrN2O3S/c1-23-10-8-13(19-16(21)14-3-2-9-22-14)15(20)18-12-6-4-11(17)5-7-12/h2-7,9,13H,8,10H2,1H3,(H,18,20)(H,19,21). The van der Waals surface area contributed by atoms with E-state index < -0.39 is 11.9 Å². The van der Waals surface area contributed by atoms with Gasteiger partial charge < -0.3 is 15.1 Å². The van der Waals surface area contributed by atoms with Crippen LogP contribution >= 0.6 is 27.7 Å². The van der Waals surface area contributed by atoms with Crippen molar-refractivity contribution in [3.63, 3.8) is 0 Å². The Bertz CT molecular complexity index is 644. The van der Waals surface area contributed by atoms with Crippen LogP contribution in [0.2, 0.25) is 0 Å². The second kappa shape index (κ2) is 8.79. The summed E-state index contributed by atoms with van der Waals surface area (Å²) in [6.07, 6.45) is 3.92. The summed E-state index contributed by atoms with van der Waals surface area (Å²) in [4.78, 5) is 24.5. The van der Waals surface area contributed by atoms with E-state index in [2.05, 4.69) is 26.6 Å². The number of thioether (sulfide) groups is 1. The Kier molecular flexibility index (Phi) is 6.73. The number of benzene rings is 1. The lowest BCUT2D eigenvalue weighted by atomic mass is 10.2. The van der Waals surface area contributed by atoms with E-state index in [1.807, 2.05) is 18.4 Å². The molecule has 5 nitrogen and oxygen atoms in total. The fourth-order valence-electron chi connectivity index (χ4n) is 1.90. The van der Waals surface area contributed by atoms with Crippen molar-refractivity contribution in [1.82, 2.24) is 5.32 Å². The van der Waals surface area contributed by atoms with Gasteiger partial charge >= 0.3 is 0 Å². The Balaban J connectivity index is 2.02. The highest BCUT2D eigenvalue weighted by Crippen LogP contribution is 2.15. The molecule has 122 valence electrons. The highest BCUT2D eigenvalue weighted by Gasteiger charge is 2.22. The third kappa shape index (κ3) is 5.44. The minimum absolute atomic E-state index is 0.190. The molecule has 1 aromatic heterocycles. The van der Waals surface area contributed by atoms with Crippen molar-refractivity contribution in [2.24, 2.45) is 0 Å². The van der Waals surface area contributed by atoms with E-state index in [1.165, 1.54) is 6.26 Å². The van der Waals surface area contributed by atoms with Gasteiger partial charge in [-0.05, 0) is 54.8 Å². The van der Waals surface area contributed by atoms with Crippen LogP contribution in [0, 0.1) is 0 Å². The molecule has 0 radical (unpaired) electrons. The first-order valence-corrected chi connectivity index (χ1v) is 9.18. The molecule has 0 spiro atoms. The molecule has 2 aromatic rings. The number of halogens is 1. The maximum Gasteiger partial charge on any atom is 0.287 e. The van der Waals surface area contributed by atoms with E-state index in [-0.39, 0.29) is 11.7 Å². The zero-order valence-electron chi connectivity index (χ0n) is 12.5. The van der Waals surface area contributed by atoms with Crippen molar-refractivity contribution in [3.05, 3.63) is 52.9 Å². The molecular formula is C16H17BrN2O3S. The molecule has 0 aliphatic heterocycles. The van der Waals surface area contributed by atoms with Gasteiger partial charge in [0, 0.05) is 10.2 Å². The lowest BCUT2D eigenvalue weighted by Crippen LogP contribution is -2.44. The monoisotopic (exact) mass is 396 g/mol. The average molecular weight is 397 g/mol. The number of hydrogen-bond donors (Lipinski definition) is 2. The maximum absolute atomic E-state index is 12.4. The van der Waals surface area contributed by atoms with Crippen LogP contribution in [0.3, 0.4) is 0 Å². The number of rotatable bonds is 7. The Morgan fingerprint density at radius 3 is 2.61 bits per heavy atom. The van der Waals surface area contributed by atoms with Gasteiger partial charge in [-0.25, -0.2) is 0 Å². The molecule has 0 bridgehead atoms. The van der Waals surface area contributed by atoms with Crippen molar-refractivity contribution in [3.8, 4) is 0 Å². The quantitative estimate of drug-likeness (QED) is 0.750. The first-order chi connectivity index (χ1) is 11.1. The lowest BCUT2D eigenvalue weighted by molar-refractivity contribution is -0.118. The van der Waals surface area contributed by atoms with Gasteiger partial charge in [0.15, 0.2) is 5.76 Å². The minimum atomic E-state index is -0.622. The normalized spacial score (nSPS) is 11.7. The molecule has 0 fully saturated rings. The number of anilines is 1. The van der Waals surface area contributed by atoms with Gasteiger partial charge in [0.2, 0.25) is 5.91 Å². The molecule has 2 rings (SSSR count). The van der Waals surface area contributed by atoms with Gasteiger partial charge in [-0.1, -0.05) is 15.9 Å². The van der Waals surface area contributed by atoms with Crippen molar-refractivity contribution in [2.45, 2.75) is 12.5 Å². The molecule has 2 N–H and O–H groups in total. The predicted octanol–water partition coefficient (Wildman–Crippen LogP) is 3.53. The molecule has 1 atom stereocenters. The van der Waals surface area contributed by atoms with Crippen molar-refractivity contribution in [1.29, 1.82) is 0 Å². The fraction of sp³-hybridized carbons (Fsp3) is 0.250. The Morgan fingerprint density at radius 2 is 2.00 bits per heavy atom. The SMILES string of the molecule is CSCCC(NC(=O)c1ccco1)C(=O)Nc1ccc(Br)cc1. The van der Waals surface area contributed by atoms with Crippen LogP contribution < -0.4 is 10.6 Å². The number of amides is 2. The van der Waals surface area contributed by atoms with Crippen molar-refractivity contribution < 1.29 is 14.0 Å². The van der Waals surface area contributed by atoms with E-state index >= 15 is 0 Å². The van der Waals surface area contributed by atoms with Gasteiger partial charge in [0.25, 0.3) is 5.91 Å². The fourth-order valence-corrected chi connectivity index (χ4v) is 2.64. The smallest absolute Gasteiger partial charge is 0.287 e. The van der Waals surface area contributed by atoms with Crippen LogP contribution in [0.1, 0.15) is 17.0 Å². The summed E-state index contributed by atoms with van der Waals surface area (Å²) in [7, 11) is 0. The van der Waals surface area contributed by atoms with Gasteiger partial charge in [-0.3, -0.25) is 9.59 Å². The number of carbonyl (C=O) groups is 2. The van der Waals surface area contributed by atoms with Crippen LogP contribution in [-0.2, 0) is 4.79 Å². The summed E-state index contributed by atoms with van der Waals surface area (Å²) < 4.78 is 5.99. The zero-order valence-corrected chi connectivity index (χ0v) is 14.9. The summed E-state index contributed by atoms with van der Waals surface area (Å²) in [6.45, 7) is 0. The first kappa shape index (κ1) is 17.6. The van der Waals surface area contributed by atoms with Crippen molar-refractivity contribution >= 4 is 45.2 Å². The molecule has 1 heterocycles. The third-order valence-corrected chi connectivity index (χ3v) is 4.26. The van der Waals surface area contributed by atoms with Crippen LogP contribution in [0.15, 0.2) is 51.6 Å². The molecule has 0 saturated carbocycles. The molecule has 0 aliphatic rings. The second-order valence-electron chi connectivity index (χ2n) is 4.78. The third-order valence-electron chi connectivity index (χ3n) is 3.09. The van der Waals surface area contributed by atoms with Crippen LogP contribution in [0.5, 0.6) is 0 Å². The number of furan rings is 1. The van der Waals surface area contributed by atoms with E-state index in [4.69, 9.17) is 4.42 Å². The molecule has 7 heteroatoms. The largest absolute Gasteiger partial charge is 0.459 e. The average Bonchev–Trinajstić information content (AvgIpc) is 3.08. The molecule has 23 heavy (non-hydrogen) atoms. The Morgan fingerprint density at radius 1 is 1.26 bits per heavy atom. The van der Waals surface area contributed by atoms with Gasteiger partial charge in [0.05, 0.1) is 6.26 Å². The zero-order chi connectivity index (χ0) is 16.7. The van der Waals surface area contributed by atoms with E-state index in [1.54, 1.807) is 36.0 Å². The molecule has 2 amide bonds. The second-order valence-corrected chi connectivity index (χ2v) is 6.68. The maximum atomic E-state index is 12.4. The topological polar surface area (TPSA) is 71.3 Å². The molecule has 0 saturated heterocycles. The number of carbonyl (C=O) groups excluding carboxylic acids is 2.